The van der Waals surface area contributed by atoms with Crippen LogP contribution in [0.1, 0.15) is 47.5 Å². The number of nitrogens with zero attached hydrogens (tertiary/aromatic N) is 1. The number of carboxylic acid groups (broad SMARTS) is 1. The highest BCUT2D eigenvalue weighted by Gasteiger charge is 2.35. The number of amides is 2. The maximum atomic E-state index is 11.9. The van der Waals surface area contributed by atoms with Crippen molar-refractivity contribution in [1.82, 2.24) is 10.2 Å². The van der Waals surface area contributed by atoms with Crippen LogP contribution >= 0.6 is 0 Å². The van der Waals surface area contributed by atoms with E-state index in [0.717, 1.165) is 0 Å². The lowest BCUT2D eigenvalue weighted by molar-refractivity contribution is -0.149. The van der Waals surface area contributed by atoms with Gasteiger partial charge in [0.1, 0.15) is 0 Å². The Morgan fingerprint density at radius 3 is 1.95 bits per heavy atom. The Morgan fingerprint density at radius 1 is 1.16 bits per heavy atom. The molecular weight excluding hydrogens is 244 g/mol. The molecule has 0 unspecified atom stereocenters. The number of urea groups is 1. The van der Waals surface area contributed by atoms with Crippen molar-refractivity contribution in [1.29, 1.82) is 0 Å². The molecule has 0 aliphatic rings. The van der Waals surface area contributed by atoms with Gasteiger partial charge in [0.15, 0.2) is 0 Å². The Bertz CT molecular complexity index is 317. The fourth-order valence-corrected chi connectivity index (χ4v) is 2.04. The Morgan fingerprint density at radius 2 is 1.63 bits per heavy atom. The highest BCUT2D eigenvalue weighted by atomic mass is 16.4. The zero-order valence-corrected chi connectivity index (χ0v) is 13.0. The third-order valence-corrected chi connectivity index (χ3v) is 3.44. The molecule has 0 aromatic carbocycles. The van der Waals surface area contributed by atoms with Gasteiger partial charge >= 0.3 is 12.0 Å². The molecule has 5 heteroatoms. The number of carboxylic acids is 1. The summed E-state index contributed by atoms with van der Waals surface area (Å²) in [6, 6.07) is -0.220. The number of aliphatic carboxylic acids is 1. The lowest BCUT2D eigenvalue weighted by Crippen LogP contribution is -2.47. The fraction of sp³-hybridized carbons (Fsp3) is 0.857. The third kappa shape index (κ3) is 5.49. The Labute approximate surface area is 116 Å². The molecule has 19 heavy (non-hydrogen) atoms. The first kappa shape index (κ1) is 17.7. The zero-order valence-electron chi connectivity index (χ0n) is 13.0. The second-order valence-electron chi connectivity index (χ2n) is 6.37. The largest absolute Gasteiger partial charge is 0.481 e. The van der Waals surface area contributed by atoms with E-state index in [1.54, 1.807) is 11.9 Å². The van der Waals surface area contributed by atoms with Crippen LogP contribution in [-0.4, -0.2) is 42.1 Å². The average Bonchev–Trinajstić information content (AvgIpc) is 2.28. The second-order valence-corrected chi connectivity index (χ2v) is 6.37. The number of carbonyl (C=O) groups is 2. The van der Waals surface area contributed by atoms with Crippen molar-refractivity contribution >= 4 is 12.0 Å². The van der Waals surface area contributed by atoms with Gasteiger partial charge < -0.3 is 15.3 Å². The van der Waals surface area contributed by atoms with Gasteiger partial charge in [-0.3, -0.25) is 4.79 Å². The summed E-state index contributed by atoms with van der Waals surface area (Å²) in [7, 11) is 1.72. The van der Waals surface area contributed by atoms with Crippen LogP contribution in [0, 0.1) is 10.8 Å². The SMILES string of the molecule is CCC(CC)(CNC(=O)N(C)CC(C)(C)C)C(=O)O. The van der Waals surface area contributed by atoms with E-state index in [2.05, 4.69) is 26.1 Å². The summed E-state index contributed by atoms with van der Waals surface area (Å²) in [5, 5.41) is 12.0. The van der Waals surface area contributed by atoms with Crippen LogP contribution in [0.2, 0.25) is 0 Å². The molecule has 5 nitrogen and oxygen atoms in total. The van der Waals surface area contributed by atoms with Crippen molar-refractivity contribution in [2.45, 2.75) is 47.5 Å². The van der Waals surface area contributed by atoms with E-state index in [4.69, 9.17) is 0 Å². The Hall–Kier alpha value is -1.26. The van der Waals surface area contributed by atoms with Crippen molar-refractivity contribution in [2.75, 3.05) is 20.1 Å². The average molecular weight is 272 g/mol. The molecular formula is C14H28N2O3. The quantitative estimate of drug-likeness (QED) is 0.780. The third-order valence-electron chi connectivity index (χ3n) is 3.44. The monoisotopic (exact) mass is 272 g/mol. The molecule has 0 aromatic heterocycles. The predicted molar refractivity (Wildman–Crippen MR) is 76.1 cm³/mol. The molecule has 0 rings (SSSR count). The van der Waals surface area contributed by atoms with Gasteiger partial charge in [-0.2, -0.15) is 0 Å². The molecule has 0 saturated heterocycles. The van der Waals surface area contributed by atoms with Gasteiger partial charge in [0.25, 0.3) is 0 Å². The molecule has 0 heterocycles. The van der Waals surface area contributed by atoms with E-state index in [-0.39, 0.29) is 18.0 Å². The molecule has 2 N–H and O–H groups in total. The summed E-state index contributed by atoms with van der Waals surface area (Å²) in [6.45, 7) is 10.6. The van der Waals surface area contributed by atoms with Gasteiger partial charge in [-0.1, -0.05) is 34.6 Å². The van der Waals surface area contributed by atoms with Crippen LogP contribution in [0.4, 0.5) is 4.79 Å². The molecule has 0 radical (unpaired) electrons. The Kier molecular flexibility index (Phi) is 6.33. The smallest absolute Gasteiger partial charge is 0.317 e. The summed E-state index contributed by atoms with van der Waals surface area (Å²) >= 11 is 0. The Balaban J connectivity index is 4.54. The van der Waals surface area contributed by atoms with Gasteiger partial charge in [0.2, 0.25) is 0 Å². The standard InChI is InChI=1S/C14H28N2O3/c1-7-14(8-2,11(17)18)9-15-12(19)16(6)10-13(3,4)5/h7-10H2,1-6H3,(H,15,19)(H,17,18). The summed E-state index contributed by atoms with van der Waals surface area (Å²) in [6.07, 6.45) is 1.00. The van der Waals surface area contributed by atoms with Crippen LogP contribution < -0.4 is 5.32 Å². The second kappa shape index (κ2) is 6.78. The molecule has 0 aliphatic carbocycles. The van der Waals surface area contributed by atoms with E-state index >= 15 is 0 Å². The first-order valence-electron chi connectivity index (χ1n) is 6.80. The van der Waals surface area contributed by atoms with Gasteiger partial charge in [-0.05, 0) is 18.3 Å². The van der Waals surface area contributed by atoms with Gasteiger partial charge in [0, 0.05) is 20.1 Å². The topological polar surface area (TPSA) is 69.6 Å². The van der Waals surface area contributed by atoms with Gasteiger partial charge in [-0.25, -0.2) is 4.79 Å². The summed E-state index contributed by atoms with van der Waals surface area (Å²) in [5.74, 6) is -0.851. The van der Waals surface area contributed by atoms with Crippen molar-refractivity contribution in [3.8, 4) is 0 Å². The first-order valence-corrected chi connectivity index (χ1v) is 6.80. The molecule has 0 spiro atoms. The van der Waals surface area contributed by atoms with E-state index < -0.39 is 11.4 Å². The molecule has 0 bridgehead atoms. The van der Waals surface area contributed by atoms with Gasteiger partial charge in [0.05, 0.1) is 5.41 Å². The highest BCUT2D eigenvalue weighted by molar-refractivity contribution is 5.78. The minimum absolute atomic E-state index is 0.0193. The zero-order chi connectivity index (χ0) is 15.3. The van der Waals surface area contributed by atoms with E-state index in [9.17, 15) is 14.7 Å². The van der Waals surface area contributed by atoms with E-state index in [1.807, 2.05) is 13.8 Å². The molecule has 0 aliphatic heterocycles. The number of carbonyl (C=O) groups excluding carboxylic acids is 1. The molecule has 0 saturated carbocycles. The maximum absolute atomic E-state index is 11.9. The summed E-state index contributed by atoms with van der Waals surface area (Å²) in [5.41, 5.74) is -0.844. The number of nitrogens with one attached hydrogen (secondary N) is 1. The summed E-state index contributed by atoms with van der Waals surface area (Å²) < 4.78 is 0. The lowest BCUT2D eigenvalue weighted by atomic mass is 9.82. The van der Waals surface area contributed by atoms with Crippen molar-refractivity contribution in [3.63, 3.8) is 0 Å². The van der Waals surface area contributed by atoms with Crippen LogP contribution in [0.5, 0.6) is 0 Å². The highest BCUT2D eigenvalue weighted by Crippen LogP contribution is 2.25. The van der Waals surface area contributed by atoms with Crippen LogP contribution in [0.15, 0.2) is 0 Å². The minimum atomic E-state index is -0.863. The van der Waals surface area contributed by atoms with Crippen LogP contribution in [0.3, 0.4) is 0 Å². The number of hydrogen-bond donors (Lipinski definition) is 2. The van der Waals surface area contributed by atoms with Crippen molar-refractivity contribution in [3.05, 3.63) is 0 Å². The van der Waals surface area contributed by atoms with E-state index in [1.165, 1.54) is 0 Å². The lowest BCUT2D eigenvalue weighted by Gasteiger charge is -2.30. The minimum Gasteiger partial charge on any atom is -0.481 e. The van der Waals surface area contributed by atoms with Gasteiger partial charge in [-0.15, -0.1) is 0 Å². The molecule has 0 fully saturated rings. The predicted octanol–water partition coefficient (Wildman–Crippen LogP) is 2.56. The van der Waals surface area contributed by atoms with E-state index in [0.29, 0.717) is 19.4 Å². The maximum Gasteiger partial charge on any atom is 0.317 e. The fourth-order valence-electron chi connectivity index (χ4n) is 2.04. The van der Waals surface area contributed by atoms with Crippen molar-refractivity contribution < 1.29 is 14.7 Å². The number of rotatable bonds is 6. The number of hydrogen-bond acceptors (Lipinski definition) is 2. The van der Waals surface area contributed by atoms with Crippen LogP contribution in [-0.2, 0) is 4.79 Å². The molecule has 112 valence electrons. The summed E-state index contributed by atoms with van der Waals surface area (Å²) in [4.78, 5) is 24.9. The van der Waals surface area contributed by atoms with Crippen molar-refractivity contribution in [2.24, 2.45) is 10.8 Å². The molecule has 0 aromatic rings. The normalized spacial score (nSPS) is 12.1. The first-order chi connectivity index (χ1) is 8.58. The molecule has 0 atom stereocenters. The molecule has 2 amide bonds. The van der Waals surface area contributed by atoms with Crippen LogP contribution in [0.25, 0.3) is 0 Å².